The lowest BCUT2D eigenvalue weighted by atomic mass is 9.73. The molecule has 0 spiro atoms. The van der Waals surface area contributed by atoms with Gasteiger partial charge in [0, 0.05) is 40.9 Å². The number of hydrogen-bond donors (Lipinski definition) is 1. The lowest BCUT2D eigenvalue weighted by molar-refractivity contribution is -0.138. The van der Waals surface area contributed by atoms with Crippen molar-refractivity contribution < 1.29 is 23.9 Å². The van der Waals surface area contributed by atoms with Crippen LogP contribution >= 0.6 is 0 Å². The van der Waals surface area contributed by atoms with Gasteiger partial charge >= 0.3 is 11.9 Å². The Labute approximate surface area is 186 Å². The molecular formula is C25H26N2O5. The lowest BCUT2D eigenvalue weighted by Crippen LogP contribution is -2.35. The van der Waals surface area contributed by atoms with Crippen LogP contribution in [0.15, 0.2) is 53.0 Å². The van der Waals surface area contributed by atoms with E-state index in [0.717, 1.165) is 12.1 Å². The number of hydrogen-bond acceptors (Lipinski definition) is 7. The van der Waals surface area contributed by atoms with Gasteiger partial charge in [-0.25, -0.2) is 9.59 Å². The Hall–Kier alpha value is -3.48. The van der Waals surface area contributed by atoms with Crippen LogP contribution < -0.4 is 5.32 Å². The van der Waals surface area contributed by atoms with E-state index in [1.165, 1.54) is 6.20 Å². The third kappa shape index (κ3) is 3.68. The van der Waals surface area contributed by atoms with Crippen molar-refractivity contribution in [1.82, 2.24) is 10.3 Å². The van der Waals surface area contributed by atoms with Gasteiger partial charge in [0.1, 0.15) is 0 Å². The summed E-state index contributed by atoms with van der Waals surface area (Å²) in [4.78, 5) is 43.7. The number of carbonyl (C=O) groups is 3. The molecule has 166 valence electrons. The van der Waals surface area contributed by atoms with Crippen molar-refractivity contribution in [2.24, 2.45) is 0 Å². The number of aromatic nitrogens is 1. The maximum absolute atomic E-state index is 13.2. The van der Waals surface area contributed by atoms with E-state index in [1.807, 2.05) is 24.3 Å². The first kappa shape index (κ1) is 21.7. The van der Waals surface area contributed by atoms with Crippen molar-refractivity contribution in [1.29, 1.82) is 0 Å². The summed E-state index contributed by atoms with van der Waals surface area (Å²) in [5.41, 5.74) is 3.75. The zero-order valence-electron chi connectivity index (χ0n) is 18.5. The number of carbonyl (C=O) groups excluding carboxylic acids is 3. The molecule has 32 heavy (non-hydrogen) atoms. The highest BCUT2D eigenvalue weighted by molar-refractivity contribution is 6.07. The van der Waals surface area contributed by atoms with E-state index in [9.17, 15) is 14.4 Å². The molecule has 0 bridgehead atoms. The van der Waals surface area contributed by atoms with Crippen LogP contribution in [-0.2, 0) is 19.1 Å². The maximum Gasteiger partial charge on any atom is 0.340 e. The Bertz CT molecular complexity index is 1180. The number of nitrogens with one attached hydrogen (secondary N) is 1. The highest BCUT2D eigenvalue weighted by Gasteiger charge is 2.41. The summed E-state index contributed by atoms with van der Waals surface area (Å²) in [5.74, 6) is -1.83. The quantitative estimate of drug-likeness (QED) is 0.712. The average molecular weight is 434 g/mol. The van der Waals surface area contributed by atoms with Crippen LogP contribution in [-0.4, -0.2) is 35.9 Å². The van der Waals surface area contributed by atoms with E-state index in [2.05, 4.69) is 10.3 Å². The highest BCUT2D eigenvalue weighted by atomic mass is 16.5. The summed E-state index contributed by atoms with van der Waals surface area (Å²) in [5, 5.41) is 3.96. The van der Waals surface area contributed by atoms with Gasteiger partial charge in [-0.2, -0.15) is 0 Å². The number of esters is 2. The summed E-state index contributed by atoms with van der Waals surface area (Å²) in [6, 6.07) is 7.40. The molecule has 7 nitrogen and oxygen atoms in total. The Balaban J connectivity index is 2.06. The number of para-hydroxylation sites is 1. The second-order valence-electron chi connectivity index (χ2n) is 7.81. The van der Waals surface area contributed by atoms with Gasteiger partial charge in [0.2, 0.25) is 0 Å². The Morgan fingerprint density at radius 3 is 2.56 bits per heavy atom. The summed E-state index contributed by atoms with van der Waals surface area (Å²) in [6.45, 7) is 5.67. The molecule has 1 aromatic carbocycles. The first-order valence-corrected chi connectivity index (χ1v) is 10.9. The lowest BCUT2D eigenvalue weighted by Gasteiger charge is -2.35. The number of Topliss-reactive ketones (excluding diaryl/α,β-unsaturated/α-hetero) is 1. The fourth-order valence-corrected chi connectivity index (χ4v) is 4.60. The van der Waals surface area contributed by atoms with Crippen molar-refractivity contribution in [3.05, 3.63) is 64.1 Å². The monoisotopic (exact) mass is 434 g/mol. The molecule has 0 fully saturated rings. The van der Waals surface area contributed by atoms with Crippen LogP contribution in [0.1, 0.15) is 61.9 Å². The van der Waals surface area contributed by atoms with E-state index in [4.69, 9.17) is 9.47 Å². The van der Waals surface area contributed by atoms with Crippen LogP contribution in [0.2, 0.25) is 0 Å². The summed E-state index contributed by atoms with van der Waals surface area (Å²) in [6.07, 6.45) is 3.30. The normalized spacial score (nSPS) is 18.3. The van der Waals surface area contributed by atoms with Crippen molar-refractivity contribution in [2.75, 3.05) is 13.2 Å². The van der Waals surface area contributed by atoms with Gasteiger partial charge in [0.25, 0.3) is 0 Å². The standard InChI is InChI=1S/C25H26N2O5/c1-4-31-24(29)16-13-26-17-10-7-6-9-15(17)21(16)23-20(25(30)32-5-2)14(3)27-18-11-8-12-19(28)22(18)23/h6-7,9-10,13,23,27H,4-5,8,11-12H2,1-3H3. The van der Waals surface area contributed by atoms with Gasteiger partial charge in [0.15, 0.2) is 5.78 Å². The molecule has 4 rings (SSSR count). The van der Waals surface area contributed by atoms with Gasteiger partial charge < -0.3 is 14.8 Å². The molecule has 0 saturated carbocycles. The number of allylic oxidation sites excluding steroid dienone is 3. The van der Waals surface area contributed by atoms with Crippen LogP contribution in [0.3, 0.4) is 0 Å². The average Bonchev–Trinajstić information content (AvgIpc) is 2.78. The fourth-order valence-electron chi connectivity index (χ4n) is 4.60. The number of pyridine rings is 1. The van der Waals surface area contributed by atoms with E-state index in [0.29, 0.717) is 46.2 Å². The topological polar surface area (TPSA) is 94.6 Å². The van der Waals surface area contributed by atoms with Crippen molar-refractivity contribution in [2.45, 2.75) is 46.0 Å². The summed E-state index contributed by atoms with van der Waals surface area (Å²) in [7, 11) is 0. The van der Waals surface area contributed by atoms with E-state index in [1.54, 1.807) is 20.8 Å². The second kappa shape index (κ2) is 8.94. The van der Waals surface area contributed by atoms with Gasteiger partial charge in [-0.15, -0.1) is 0 Å². The maximum atomic E-state index is 13.2. The predicted molar refractivity (Wildman–Crippen MR) is 119 cm³/mol. The second-order valence-corrected chi connectivity index (χ2v) is 7.81. The van der Waals surface area contributed by atoms with Gasteiger partial charge in [-0.3, -0.25) is 9.78 Å². The minimum Gasteiger partial charge on any atom is -0.463 e. The van der Waals surface area contributed by atoms with Crippen molar-refractivity contribution in [3.63, 3.8) is 0 Å². The number of ether oxygens (including phenoxy) is 2. The zero-order chi connectivity index (χ0) is 22.8. The molecule has 0 radical (unpaired) electrons. The molecule has 1 unspecified atom stereocenters. The predicted octanol–water partition coefficient (Wildman–Crippen LogP) is 3.94. The molecule has 1 aliphatic carbocycles. The first-order chi connectivity index (χ1) is 15.5. The summed E-state index contributed by atoms with van der Waals surface area (Å²) >= 11 is 0. The number of fused-ring (bicyclic) bond motifs is 1. The van der Waals surface area contributed by atoms with E-state index >= 15 is 0 Å². The highest BCUT2D eigenvalue weighted by Crippen LogP contribution is 2.45. The molecule has 0 amide bonds. The molecule has 1 N–H and O–H groups in total. The molecular weight excluding hydrogens is 408 g/mol. The number of dihydropyridines is 1. The minimum absolute atomic E-state index is 0.0336. The summed E-state index contributed by atoms with van der Waals surface area (Å²) < 4.78 is 10.7. The smallest absolute Gasteiger partial charge is 0.340 e. The van der Waals surface area contributed by atoms with Crippen molar-refractivity contribution in [3.8, 4) is 0 Å². The largest absolute Gasteiger partial charge is 0.463 e. The van der Waals surface area contributed by atoms with Crippen LogP contribution in [0, 0.1) is 0 Å². The fraction of sp³-hybridized carbons (Fsp3) is 0.360. The van der Waals surface area contributed by atoms with Crippen LogP contribution in [0.4, 0.5) is 0 Å². The molecule has 1 atom stereocenters. The first-order valence-electron chi connectivity index (χ1n) is 10.9. The van der Waals surface area contributed by atoms with E-state index in [-0.39, 0.29) is 24.6 Å². The van der Waals surface area contributed by atoms with Gasteiger partial charge in [0.05, 0.1) is 29.9 Å². The third-order valence-corrected chi connectivity index (χ3v) is 5.87. The molecule has 1 aliphatic heterocycles. The number of nitrogens with zero attached hydrogens (tertiary/aromatic N) is 1. The molecule has 2 heterocycles. The Morgan fingerprint density at radius 1 is 1.09 bits per heavy atom. The number of benzene rings is 1. The SMILES string of the molecule is CCOC(=O)C1=C(C)NC2=C(C(=O)CCC2)C1c1c(C(=O)OCC)cnc2ccccc12. The molecule has 1 aromatic heterocycles. The Morgan fingerprint density at radius 2 is 1.81 bits per heavy atom. The molecule has 2 aliphatic rings. The van der Waals surface area contributed by atoms with E-state index < -0.39 is 17.9 Å². The minimum atomic E-state index is -0.745. The molecule has 2 aromatic rings. The van der Waals surface area contributed by atoms with Crippen LogP contribution in [0.25, 0.3) is 10.9 Å². The zero-order valence-corrected chi connectivity index (χ0v) is 18.5. The number of rotatable bonds is 5. The van der Waals surface area contributed by atoms with Crippen LogP contribution in [0.5, 0.6) is 0 Å². The molecule has 7 heteroatoms. The Kier molecular flexibility index (Phi) is 6.08. The van der Waals surface area contributed by atoms with Gasteiger partial charge in [-0.05, 0) is 45.2 Å². The van der Waals surface area contributed by atoms with Crippen molar-refractivity contribution >= 4 is 28.6 Å². The molecule has 0 saturated heterocycles. The number of ketones is 1. The van der Waals surface area contributed by atoms with Gasteiger partial charge in [-0.1, -0.05) is 18.2 Å². The third-order valence-electron chi connectivity index (χ3n) is 5.87.